The van der Waals surface area contributed by atoms with E-state index in [4.69, 9.17) is 13.3 Å². The lowest BCUT2D eigenvalue weighted by atomic mass is 10.1. The molecular formula is C17H20O4Si. The minimum Gasteiger partial charge on any atom is -0.543 e. The monoisotopic (exact) mass is 316 g/mol. The van der Waals surface area contributed by atoms with Crippen LogP contribution in [0, 0.1) is 0 Å². The summed E-state index contributed by atoms with van der Waals surface area (Å²) >= 11 is 0. The molecule has 4 nitrogen and oxygen atoms in total. The summed E-state index contributed by atoms with van der Waals surface area (Å²) in [6.45, 7) is 11.0. The van der Waals surface area contributed by atoms with Crippen LogP contribution in [0.4, 0.5) is 0 Å². The van der Waals surface area contributed by atoms with E-state index in [1.165, 1.54) is 6.07 Å². The quantitative estimate of drug-likeness (QED) is 0.497. The van der Waals surface area contributed by atoms with Gasteiger partial charge in [-0.25, -0.2) is 4.79 Å². The highest BCUT2D eigenvalue weighted by Crippen LogP contribution is 2.42. The van der Waals surface area contributed by atoms with Crippen LogP contribution in [0.1, 0.15) is 20.8 Å². The molecule has 0 saturated carbocycles. The summed E-state index contributed by atoms with van der Waals surface area (Å²) in [6, 6.07) is 6.82. The fourth-order valence-electron chi connectivity index (χ4n) is 2.13. The van der Waals surface area contributed by atoms with E-state index in [1.807, 2.05) is 6.07 Å². The molecule has 0 radical (unpaired) electrons. The standard InChI is InChI=1S/C17H20O4Si/c1-17(2,3)22(4,5)21-16-11-6-7-15(18)20-14(11)10-13-12(16)8-9-19-13/h6-10H,1-5H3. The van der Waals surface area contributed by atoms with Crippen LogP contribution in [0.25, 0.3) is 21.9 Å². The molecule has 0 N–H and O–H groups in total. The Hall–Kier alpha value is -2.01. The lowest BCUT2D eigenvalue weighted by Crippen LogP contribution is -2.43. The second-order valence-corrected chi connectivity index (χ2v) is 11.8. The summed E-state index contributed by atoms with van der Waals surface area (Å²) in [5.74, 6) is 0.747. The lowest BCUT2D eigenvalue weighted by Gasteiger charge is -2.36. The highest BCUT2D eigenvalue weighted by atomic mass is 28.4. The van der Waals surface area contributed by atoms with E-state index in [-0.39, 0.29) is 10.7 Å². The molecule has 116 valence electrons. The van der Waals surface area contributed by atoms with Crippen molar-refractivity contribution in [1.82, 2.24) is 0 Å². The molecule has 0 amide bonds. The Bertz CT molecular complexity index is 896. The van der Waals surface area contributed by atoms with E-state index in [0.717, 1.165) is 16.5 Å². The Balaban J connectivity index is 2.29. The molecule has 0 aliphatic heterocycles. The molecular weight excluding hydrogens is 296 g/mol. The molecule has 0 unspecified atom stereocenters. The Morgan fingerprint density at radius 1 is 1.05 bits per heavy atom. The zero-order valence-corrected chi connectivity index (χ0v) is 14.5. The zero-order valence-electron chi connectivity index (χ0n) is 13.5. The van der Waals surface area contributed by atoms with Crippen LogP contribution >= 0.6 is 0 Å². The predicted octanol–water partition coefficient (Wildman–Crippen LogP) is 4.92. The van der Waals surface area contributed by atoms with E-state index < -0.39 is 8.32 Å². The Morgan fingerprint density at radius 3 is 2.41 bits per heavy atom. The number of furan rings is 1. The van der Waals surface area contributed by atoms with Gasteiger partial charge in [-0.3, -0.25) is 0 Å². The highest BCUT2D eigenvalue weighted by Gasteiger charge is 2.39. The predicted molar refractivity (Wildman–Crippen MR) is 90.1 cm³/mol. The minimum absolute atomic E-state index is 0.0703. The van der Waals surface area contributed by atoms with Crippen LogP contribution in [-0.4, -0.2) is 8.32 Å². The van der Waals surface area contributed by atoms with E-state index in [2.05, 4.69) is 33.9 Å². The van der Waals surface area contributed by atoms with Gasteiger partial charge in [0.25, 0.3) is 8.32 Å². The first-order chi connectivity index (χ1) is 10.2. The third-order valence-corrected chi connectivity index (χ3v) is 8.80. The van der Waals surface area contributed by atoms with Crippen molar-refractivity contribution >= 4 is 30.3 Å². The molecule has 5 heteroatoms. The van der Waals surface area contributed by atoms with Gasteiger partial charge in [0, 0.05) is 12.1 Å². The van der Waals surface area contributed by atoms with Crippen LogP contribution in [0.2, 0.25) is 18.1 Å². The largest absolute Gasteiger partial charge is 0.543 e. The third kappa shape index (κ3) is 2.35. The number of fused-ring (bicyclic) bond motifs is 2. The maximum Gasteiger partial charge on any atom is 0.336 e. The van der Waals surface area contributed by atoms with E-state index in [0.29, 0.717) is 11.2 Å². The van der Waals surface area contributed by atoms with Gasteiger partial charge in [-0.05, 0) is 30.3 Å². The van der Waals surface area contributed by atoms with Gasteiger partial charge in [-0.2, -0.15) is 0 Å². The molecule has 0 fully saturated rings. The lowest BCUT2D eigenvalue weighted by molar-refractivity contribution is 0.498. The summed E-state index contributed by atoms with van der Waals surface area (Å²) in [5.41, 5.74) is 0.774. The molecule has 0 atom stereocenters. The van der Waals surface area contributed by atoms with Crippen LogP contribution in [0.15, 0.2) is 44.2 Å². The van der Waals surface area contributed by atoms with Gasteiger partial charge in [-0.1, -0.05) is 20.8 Å². The van der Waals surface area contributed by atoms with Crippen molar-refractivity contribution in [2.45, 2.75) is 38.9 Å². The van der Waals surface area contributed by atoms with Crippen molar-refractivity contribution in [1.29, 1.82) is 0 Å². The summed E-state index contributed by atoms with van der Waals surface area (Å²) in [6.07, 6.45) is 1.63. The van der Waals surface area contributed by atoms with Gasteiger partial charge in [-0.15, -0.1) is 0 Å². The van der Waals surface area contributed by atoms with Crippen molar-refractivity contribution in [3.05, 3.63) is 40.9 Å². The number of hydrogen-bond donors (Lipinski definition) is 0. The molecule has 0 bridgehead atoms. The maximum absolute atomic E-state index is 11.5. The van der Waals surface area contributed by atoms with E-state index >= 15 is 0 Å². The summed E-state index contributed by atoms with van der Waals surface area (Å²) in [7, 11) is -2.03. The van der Waals surface area contributed by atoms with Crippen LogP contribution in [0.3, 0.4) is 0 Å². The van der Waals surface area contributed by atoms with Gasteiger partial charge in [0.05, 0.1) is 17.0 Å². The van der Waals surface area contributed by atoms with Crippen LogP contribution in [-0.2, 0) is 0 Å². The molecule has 0 spiro atoms. The number of rotatable bonds is 2. The fourth-order valence-corrected chi connectivity index (χ4v) is 3.16. The Kier molecular flexibility index (Phi) is 3.21. The Morgan fingerprint density at radius 2 is 1.73 bits per heavy atom. The van der Waals surface area contributed by atoms with Crippen molar-refractivity contribution in [3.63, 3.8) is 0 Å². The van der Waals surface area contributed by atoms with Gasteiger partial charge in [0.15, 0.2) is 0 Å². The van der Waals surface area contributed by atoms with Gasteiger partial charge in [0.1, 0.15) is 16.9 Å². The first kappa shape index (κ1) is 14.9. The van der Waals surface area contributed by atoms with Gasteiger partial charge >= 0.3 is 5.63 Å². The Labute approximate surface area is 129 Å². The minimum atomic E-state index is -2.03. The van der Waals surface area contributed by atoms with Crippen molar-refractivity contribution in [2.75, 3.05) is 0 Å². The second kappa shape index (κ2) is 4.74. The van der Waals surface area contributed by atoms with Gasteiger partial charge in [0.2, 0.25) is 0 Å². The molecule has 2 heterocycles. The first-order valence-corrected chi connectivity index (χ1v) is 10.2. The highest BCUT2D eigenvalue weighted by molar-refractivity contribution is 6.75. The zero-order chi connectivity index (χ0) is 16.1. The average molecular weight is 316 g/mol. The van der Waals surface area contributed by atoms with Crippen molar-refractivity contribution < 1.29 is 13.3 Å². The van der Waals surface area contributed by atoms with Crippen molar-refractivity contribution in [3.8, 4) is 5.75 Å². The van der Waals surface area contributed by atoms with E-state index in [9.17, 15) is 4.79 Å². The molecule has 3 rings (SSSR count). The summed E-state index contributed by atoms with van der Waals surface area (Å²) in [5, 5.41) is 1.78. The smallest absolute Gasteiger partial charge is 0.336 e. The molecule has 0 aliphatic rings. The summed E-state index contributed by atoms with van der Waals surface area (Å²) in [4.78, 5) is 11.5. The molecule has 0 saturated heterocycles. The molecule has 22 heavy (non-hydrogen) atoms. The number of hydrogen-bond acceptors (Lipinski definition) is 4. The van der Waals surface area contributed by atoms with E-state index in [1.54, 1.807) is 18.4 Å². The SMILES string of the molecule is CC(C)(C)[Si](C)(C)Oc1c2ccoc2cc2oc(=O)ccc12. The molecule has 1 aromatic carbocycles. The first-order valence-electron chi connectivity index (χ1n) is 7.32. The summed E-state index contributed by atoms with van der Waals surface area (Å²) < 4.78 is 17.3. The molecule has 2 aromatic heterocycles. The second-order valence-electron chi connectivity index (χ2n) is 7.07. The van der Waals surface area contributed by atoms with Crippen LogP contribution in [0.5, 0.6) is 5.75 Å². The molecule has 3 aromatic rings. The van der Waals surface area contributed by atoms with Crippen molar-refractivity contribution in [2.24, 2.45) is 0 Å². The number of benzene rings is 1. The third-order valence-electron chi connectivity index (χ3n) is 4.47. The van der Waals surface area contributed by atoms with Gasteiger partial charge < -0.3 is 13.3 Å². The van der Waals surface area contributed by atoms with Crippen LogP contribution < -0.4 is 10.1 Å². The average Bonchev–Trinajstić information content (AvgIpc) is 2.84. The molecule has 0 aliphatic carbocycles. The topological polar surface area (TPSA) is 52.6 Å². The fraction of sp³-hybridized carbons (Fsp3) is 0.353. The normalized spacial score (nSPS) is 13.0. The maximum atomic E-state index is 11.5.